The van der Waals surface area contributed by atoms with Crippen LogP contribution >= 0.6 is 0 Å². The van der Waals surface area contributed by atoms with Gasteiger partial charge in [0, 0.05) is 43.1 Å². The van der Waals surface area contributed by atoms with E-state index in [4.69, 9.17) is 14.2 Å². The van der Waals surface area contributed by atoms with Crippen molar-refractivity contribution in [3.8, 4) is 0 Å². The minimum atomic E-state index is -1.44. The van der Waals surface area contributed by atoms with Crippen molar-refractivity contribution in [3.63, 3.8) is 0 Å². The molecule has 208 valence electrons. The summed E-state index contributed by atoms with van der Waals surface area (Å²) >= 11 is 0. The number of hydrogen-bond acceptors (Lipinski definition) is 8. The summed E-state index contributed by atoms with van der Waals surface area (Å²) in [6, 6.07) is 0. The van der Waals surface area contributed by atoms with Crippen LogP contribution in [0.15, 0.2) is 22.8 Å². The second-order valence-electron chi connectivity index (χ2n) is 13.3. The lowest BCUT2D eigenvalue weighted by molar-refractivity contribution is -0.225. The molecule has 1 spiro atoms. The van der Waals surface area contributed by atoms with Gasteiger partial charge in [-0.3, -0.25) is 9.59 Å². The molecule has 11 atom stereocenters. The number of aliphatic hydroxyl groups is 2. The van der Waals surface area contributed by atoms with Gasteiger partial charge in [-0.1, -0.05) is 25.0 Å². The summed E-state index contributed by atoms with van der Waals surface area (Å²) in [7, 11) is 0. The number of hydrogen-bond donors (Lipinski definition) is 2. The highest BCUT2D eigenvalue weighted by atomic mass is 16.6. The molecule has 0 aromatic carbocycles. The van der Waals surface area contributed by atoms with E-state index in [1.54, 1.807) is 6.92 Å². The molecule has 0 aromatic heterocycles. The first kappa shape index (κ1) is 26.2. The SMILES string of the molecule is CC(=O)O[C@H]1C=C([C@H](C)[C@H]2CC(C)=C(C)C(=O)O2)[C@@]2(C)CC[C@H]3[C@@H](C[C@H]4O[C@]45C[C@@H](O)CC(=O)[C@]35C)[C@@]12O. The van der Waals surface area contributed by atoms with Crippen molar-refractivity contribution in [1.29, 1.82) is 0 Å². The number of carbonyl (C=O) groups excluding carboxylic acids is 3. The van der Waals surface area contributed by atoms with Gasteiger partial charge < -0.3 is 24.4 Å². The van der Waals surface area contributed by atoms with Crippen LogP contribution in [-0.2, 0) is 28.6 Å². The van der Waals surface area contributed by atoms with E-state index in [1.165, 1.54) is 6.92 Å². The number of ether oxygens (including phenoxy) is 3. The number of cyclic esters (lactones) is 1. The fourth-order valence-electron chi connectivity index (χ4n) is 9.45. The Hall–Kier alpha value is -2.03. The van der Waals surface area contributed by atoms with Gasteiger partial charge in [0.05, 0.1) is 17.6 Å². The summed E-state index contributed by atoms with van der Waals surface area (Å²) in [5.74, 6) is -1.50. The van der Waals surface area contributed by atoms with Gasteiger partial charge in [-0.15, -0.1) is 0 Å². The normalized spacial score (nSPS) is 50.2. The second kappa shape index (κ2) is 8.01. The molecule has 1 saturated heterocycles. The van der Waals surface area contributed by atoms with Crippen molar-refractivity contribution >= 4 is 17.7 Å². The Morgan fingerprint density at radius 1 is 1.18 bits per heavy atom. The van der Waals surface area contributed by atoms with Gasteiger partial charge in [-0.25, -0.2) is 4.79 Å². The molecular formula is C30H40O8. The molecule has 2 N–H and O–H groups in total. The molecule has 6 rings (SSSR count). The van der Waals surface area contributed by atoms with Gasteiger partial charge in [0.25, 0.3) is 0 Å². The van der Waals surface area contributed by atoms with E-state index in [0.717, 1.165) is 11.1 Å². The maximum absolute atomic E-state index is 13.6. The van der Waals surface area contributed by atoms with Gasteiger partial charge in [0.15, 0.2) is 0 Å². The molecule has 0 bridgehead atoms. The highest BCUT2D eigenvalue weighted by molar-refractivity contribution is 5.90. The molecule has 0 unspecified atom stereocenters. The Morgan fingerprint density at radius 3 is 2.55 bits per heavy atom. The molecule has 8 heteroatoms. The number of rotatable bonds is 3. The van der Waals surface area contributed by atoms with Crippen LogP contribution in [0, 0.1) is 28.6 Å². The monoisotopic (exact) mass is 528 g/mol. The average molecular weight is 529 g/mol. The van der Waals surface area contributed by atoms with Crippen LogP contribution < -0.4 is 0 Å². The first-order chi connectivity index (χ1) is 17.7. The number of ketones is 1. The molecule has 0 amide bonds. The van der Waals surface area contributed by atoms with Crippen LogP contribution in [0.2, 0.25) is 0 Å². The van der Waals surface area contributed by atoms with Gasteiger partial charge in [0.1, 0.15) is 29.2 Å². The summed E-state index contributed by atoms with van der Waals surface area (Å²) in [5.41, 5.74) is -1.10. The molecule has 0 aromatic rings. The van der Waals surface area contributed by atoms with Crippen molar-refractivity contribution in [2.75, 3.05) is 0 Å². The zero-order chi connectivity index (χ0) is 27.6. The van der Waals surface area contributed by atoms with Gasteiger partial charge in [-0.2, -0.15) is 0 Å². The van der Waals surface area contributed by atoms with Crippen LogP contribution in [0.25, 0.3) is 0 Å². The number of carbonyl (C=O) groups is 3. The molecule has 0 radical (unpaired) electrons. The van der Waals surface area contributed by atoms with E-state index >= 15 is 0 Å². The van der Waals surface area contributed by atoms with E-state index in [2.05, 4.69) is 0 Å². The maximum atomic E-state index is 13.6. The Labute approximate surface area is 223 Å². The summed E-state index contributed by atoms with van der Waals surface area (Å²) < 4.78 is 18.0. The minimum Gasteiger partial charge on any atom is -0.458 e. The summed E-state index contributed by atoms with van der Waals surface area (Å²) in [6.45, 7) is 11.1. The fourth-order valence-corrected chi connectivity index (χ4v) is 9.45. The predicted octanol–water partition coefficient (Wildman–Crippen LogP) is 3.18. The number of fused-ring (bicyclic) bond motifs is 4. The largest absolute Gasteiger partial charge is 0.458 e. The van der Waals surface area contributed by atoms with Gasteiger partial charge in [-0.05, 0) is 57.9 Å². The maximum Gasteiger partial charge on any atom is 0.333 e. The Morgan fingerprint density at radius 2 is 1.89 bits per heavy atom. The molecule has 38 heavy (non-hydrogen) atoms. The van der Waals surface area contributed by atoms with Crippen LogP contribution in [0.3, 0.4) is 0 Å². The van der Waals surface area contributed by atoms with Crippen molar-refractivity contribution in [3.05, 3.63) is 22.8 Å². The Bertz CT molecular complexity index is 1190. The molecule has 4 fully saturated rings. The third-order valence-electron chi connectivity index (χ3n) is 11.8. The minimum absolute atomic E-state index is 0.00372. The van der Waals surface area contributed by atoms with Crippen LogP contribution in [-0.4, -0.2) is 63.6 Å². The first-order valence-corrected chi connectivity index (χ1v) is 14.1. The van der Waals surface area contributed by atoms with E-state index in [-0.39, 0.29) is 48.1 Å². The average Bonchev–Trinajstić information content (AvgIpc) is 3.48. The third kappa shape index (κ3) is 3.05. The molecule has 3 saturated carbocycles. The standard InChI is InChI=1S/C30H40O8/c1-14-9-22(37-26(34)15(14)2)16(3)20-11-25(36-17(4)31)30(35)21-12-24-29(38-24)13-18(32)10-23(33)28(29,6)19(21)7-8-27(20,30)5/h11,16,18-19,21-22,24-25,32,35H,7-10,12-13H2,1-6H3/t16-,18-,19-,21+,22+,24+,25-,27+,28-,29+,30+/m0/s1. The van der Waals surface area contributed by atoms with E-state index in [1.807, 2.05) is 33.8 Å². The molecular weight excluding hydrogens is 488 g/mol. The molecule has 4 aliphatic carbocycles. The molecule has 8 nitrogen and oxygen atoms in total. The Balaban J connectivity index is 1.40. The lowest BCUT2D eigenvalue weighted by Gasteiger charge is -2.62. The smallest absolute Gasteiger partial charge is 0.333 e. The third-order valence-corrected chi connectivity index (χ3v) is 11.8. The van der Waals surface area contributed by atoms with Crippen molar-refractivity contribution in [2.24, 2.45) is 28.6 Å². The zero-order valence-corrected chi connectivity index (χ0v) is 23.2. The van der Waals surface area contributed by atoms with E-state index < -0.39 is 40.2 Å². The highest BCUT2D eigenvalue weighted by Crippen LogP contribution is 2.74. The number of esters is 2. The lowest BCUT2D eigenvalue weighted by atomic mass is 9.42. The molecule has 6 aliphatic rings. The van der Waals surface area contributed by atoms with Crippen LogP contribution in [0.5, 0.6) is 0 Å². The molecule has 2 aliphatic heterocycles. The summed E-state index contributed by atoms with van der Waals surface area (Å²) in [5, 5.41) is 23.3. The number of aliphatic hydroxyl groups excluding tert-OH is 1. The van der Waals surface area contributed by atoms with E-state index in [9.17, 15) is 24.6 Å². The number of epoxide rings is 1. The predicted molar refractivity (Wildman–Crippen MR) is 136 cm³/mol. The van der Waals surface area contributed by atoms with Crippen molar-refractivity contribution < 1.29 is 38.8 Å². The Kier molecular flexibility index (Phi) is 5.53. The summed E-state index contributed by atoms with van der Waals surface area (Å²) in [6.07, 6.45) is 2.69. The lowest BCUT2D eigenvalue weighted by Crippen LogP contribution is -2.69. The van der Waals surface area contributed by atoms with Gasteiger partial charge >= 0.3 is 11.9 Å². The van der Waals surface area contributed by atoms with Crippen molar-refractivity contribution in [2.45, 2.75) is 116 Å². The second-order valence-corrected chi connectivity index (χ2v) is 13.3. The zero-order valence-electron chi connectivity index (χ0n) is 23.2. The first-order valence-electron chi connectivity index (χ1n) is 14.1. The molecule has 2 heterocycles. The van der Waals surface area contributed by atoms with Crippen LogP contribution in [0.1, 0.15) is 80.1 Å². The fraction of sp³-hybridized carbons (Fsp3) is 0.767. The topological polar surface area (TPSA) is 123 Å². The van der Waals surface area contributed by atoms with Crippen LogP contribution in [0.4, 0.5) is 0 Å². The number of Topliss-reactive ketones (excluding diaryl/α,β-unsaturated/α-hetero) is 1. The summed E-state index contributed by atoms with van der Waals surface area (Å²) in [4.78, 5) is 38.4. The van der Waals surface area contributed by atoms with Gasteiger partial charge in [0.2, 0.25) is 0 Å². The van der Waals surface area contributed by atoms with Crippen molar-refractivity contribution in [1.82, 2.24) is 0 Å². The highest BCUT2D eigenvalue weighted by Gasteiger charge is 2.81. The quantitative estimate of drug-likeness (QED) is 0.325. The van der Waals surface area contributed by atoms with E-state index in [0.29, 0.717) is 37.7 Å².